The van der Waals surface area contributed by atoms with Gasteiger partial charge in [0.15, 0.2) is 5.96 Å². The van der Waals surface area contributed by atoms with E-state index in [0.717, 1.165) is 30.4 Å². The van der Waals surface area contributed by atoms with Gasteiger partial charge in [0.2, 0.25) is 5.91 Å². The number of nitrogens with zero attached hydrogens (tertiary/aromatic N) is 1. The molecule has 0 aromatic heterocycles. The molecule has 0 saturated heterocycles. The molecule has 1 amide bonds. The van der Waals surface area contributed by atoms with Crippen LogP contribution in [0.2, 0.25) is 0 Å². The van der Waals surface area contributed by atoms with E-state index in [1.165, 1.54) is 11.1 Å². The Balaban J connectivity index is 1.60. The second kappa shape index (κ2) is 10.6. The van der Waals surface area contributed by atoms with E-state index in [2.05, 4.69) is 46.3 Å². The number of hydrogen-bond donors (Lipinski definition) is 3. The Morgan fingerprint density at radius 2 is 1.86 bits per heavy atom. The van der Waals surface area contributed by atoms with Crippen molar-refractivity contribution in [3.8, 4) is 0 Å². The zero-order chi connectivity index (χ0) is 20.5. The number of fused-ring (bicyclic) bond motifs is 1. The molecule has 29 heavy (non-hydrogen) atoms. The Morgan fingerprint density at radius 3 is 2.62 bits per heavy atom. The molecular weight excluding hydrogens is 364 g/mol. The van der Waals surface area contributed by atoms with E-state index in [0.29, 0.717) is 26.1 Å². The van der Waals surface area contributed by atoms with Crippen molar-refractivity contribution in [2.24, 2.45) is 4.99 Å². The highest BCUT2D eigenvalue weighted by atomic mass is 16.5. The normalized spacial score (nSPS) is 16.1. The van der Waals surface area contributed by atoms with Gasteiger partial charge < -0.3 is 20.7 Å². The van der Waals surface area contributed by atoms with Gasteiger partial charge in [0.05, 0.1) is 13.2 Å². The standard InChI is InChI=1S/C23H30N4O2/c1-3-24-23(25-14-17-9-11-18(12-10-17)16-29-4-2)26-15-19-13-22(28)27-21-8-6-5-7-20(19)21/h5-12,19H,3-4,13-16H2,1-2H3,(H,27,28)(H2,24,25,26). The third-order valence-electron chi connectivity index (χ3n) is 4.88. The third kappa shape index (κ3) is 6.06. The molecule has 6 nitrogen and oxygen atoms in total. The minimum absolute atomic E-state index is 0.0598. The fourth-order valence-electron chi connectivity index (χ4n) is 3.38. The fourth-order valence-corrected chi connectivity index (χ4v) is 3.38. The van der Waals surface area contributed by atoms with Crippen molar-refractivity contribution in [1.82, 2.24) is 10.6 Å². The van der Waals surface area contributed by atoms with Gasteiger partial charge in [-0.1, -0.05) is 42.5 Å². The molecule has 3 N–H and O–H groups in total. The molecule has 0 bridgehead atoms. The molecule has 0 spiro atoms. The maximum Gasteiger partial charge on any atom is 0.225 e. The van der Waals surface area contributed by atoms with Crippen LogP contribution in [-0.4, -0.2) is 31.6 Å². The highest BCUT2D eigenvalue weighted by Crippen LogP contribution is 2.31. The molecule has 0 radical (unpaired) electrons. The maximum atomic E-state index is 12.0. The molecule has 6 heteroatoms. The fraction of sp³-hybridized carbons (Fsp3) is 0.391. The van der Waals surface area contributed by atoms with Crippen LogP contribution in [-0.2, 0) is 22.7 Å². The average molecular weight is 395 g/mol. The van der Waals surface area contributed by atoms with Crippen LogP contribution in [0.4, 0.5) is 5.69 Å². The molecule has 1 aliphatic heterocycles. The molecule has 2 aromatic carbocycles. The van der Waals surface area contributed by atoms with Crippen molar-refractivity contribution < 1.29 is 9.53 Å². The summed E-state index contributed by atoms with van der Waals surface area (Å²) in [6, 6.07) is 16.3. The van der Waals surface area contributed by atoms with E-state index in [-0.39, 0.29) is 11.8 Å². The van der Waals surface area contributed by atoms with Gasteiger partial charge in [0, 0.05) is 37.7 Å². The van der Waals surface area contributed by atoms with E-state index in [1.807, 2.05) is 32.0 Å². The lowest BCUT2D eigenvalue weighted by Gasteiger charge is -2.26. The van der Waals surface area contributed by atoms with Crippen LogP contribution in [0, 0.1) is 0 Å². The maximum absolute atomic E-state index is 12.0. The zero-order valence-corrected chi connectivity index (χ0v) is 17.2. The van der Waals surface area contributed by atoms with Crippen LogP contribution in [0.25, 0.3) is 0 Å². The summed E-state index contributed by atoms with van der Waals surface area (Å²) in [6.07, 6.45) is 0.477. The summed E-state index contributed by atoms with van der Waals surface area (Å²) in [5, 5.41) is 9.63. The molecule has 1 unspecified atom stereocenters. The monoisotopic (exact) mass is 394 g/mol. The first-order chi connectivity index (χ1) is 14.2. The number of carbonyl (C=O) groups is 1. The second-order valence-corrected chi connectivity index (χ2v) is 7.07. The molecule has 1 heterocycles. The van der Waals surface area contributed by atoms with E-state index >= 15 is 0 Å². The van der Waals surface area contributed by atoms with Crippen molar-refractivity contribution in [3.63, 3.8) is 0 Å². The number of benzene rings is 2. The number of aliphatic imine (C=N–C) groups is 1. The first kappa shape index (κ1) is 20.9. The highest BCUT2D eigenvalue weighted by Gasteiger charge is 2.24. The minimum Gasteiger partial charge on any atom is -0.377 e. The first-order valence-corrected chi connectivity index (χ1v) is 10.3. The van der Waals surface area contributed by atoms with E-state index < -0.39 is 0 Å². The molecule has 1 atom stereocenters. The lowest BCUT2D eigenvalue weighted by molar-refractivity contribution is -0.116. The number of para-hydroxylation sites is 1. The largest absolute Gasteiger partial charge is 0.377 e. The summed E-state index contributed by atoms with van der Waals surface area (Å²) >= 11 is 0. The first-order valence-electron chi connectivity index (χ1n) is 10.3. The summed E-state index contributed by atoms with van der Waals surface area (Å²) in [4.78, 5) is 16.7. The SMILES string of the molecule is CCNC(=NCc1ccc(COCC)cc1)NCC1CC(=O)Nc2ccccc21. The van der Waals surface area contributed by atoms with Gasteiger partial charge in [-0.15, -0.1) is 0 Å². The minimum atomic E-state index is 0.0598. The van der Waals surface area contributed by atoms with E-state index in [1.54, 1.807) is 0 Å². The van der Waals surface area contributed by atoms with Crippen LogP contribution in [0.5, 0.6) is 0 Å². The number of anilines is 1. The zero-order valence-electron chi connectivity index (χ0n) is 17.2. The summed E-state index contributed by atoms with van der Waals surface area (Å²) < 4.78 is 5.44. The molecule has 0 fully saturated rings. The molecule has 0 aliphatic carbocycles. The van der Waals surface area contributed by atoms with Gasteiger partial charge >= 0.3 is 0 Å². The third-order valence-corrected chi connectivity index (χ3v) is 4.88. The van der Waals surface area contributed by atoms with Crippen molar-refractivity contribution in [2.75, 3.05) is 25.0 Å². The molecule has 154 valence electrons. The quantitative estimate of drug-likeness (QED) is 0.474. The van der Waals surface area contributed by atoms with Gasteiger partial charge in [0.25, 0.3) is 0 Å². The van der Waals surface area contributed by atoms with Crippen LogP contribution >= 0.6 is 0 Å². The number of nitrogens with one attached hydrogen (secondary N) is 3. The lowest BCUT2D eigenvalue weighted by atomic mass is 9.90. The Morgan fingerprint density at radius 1 is 1.10 bits per heavy atom. The summed E-state index contributed by atoms with van der Waals surface area (Å²) in [5.74, 6) is 0.945. The van der Waals surface area contributed by atoms with Crippen molar-refractivity contribution in [3.05, 3.63) is 65.2 Å². The van der Waals surface area contributed by atoms with Gasteiger partial charge in [-0.2, -0.15) is 0 Å². The van der Waals surface area contributed by atoms with E-state index in [9.17, 15) is 4.79 Å². The number of rotatable bonds is 8. The van der Waals surface area contributed by atoms with Gasteiger partial charge in [-0.05, 0) is 36.6 Å². The van der Waals surface area contributed by atoms with Gasteiger partial charge in [0.1, 0.15) is 0 Å². The predicted molar refractivity (Wildman–Crippen MR) is 117 cm³/mol. The van der Waals surface area contributed by atoms with Crippen LogP contribution < -0.4 is 16.0 Å². The number of carbonyl (C=O) groups excluding carboxylic acids is 1. The number of guanidine groups is 1. The van der Waals surface area contributed by atoms with Crippen LogP contribution in [0.1, 0.15) is 42.9 Å². The van der Waals surface area contributed by atoms with Gasteiger partial charge in [-0.3, -0.25) is 4.79 Å². The predicted octanol–water partition coefficient (Wildman–Crippen LogP) is 3.40. The molecule has 3 rings (SSSR count). The number of amides is 1. The smallest absolute Gasteiger partial charge is 0.225 e. The highest BCUT2D eigenvalue weighted by molar-refractivity contribution is 5.94. The van der Waals surface area contributed by atoms with Crippen LogP contribution in [0.15, 0.2) is 53.5 Å². The summed E-state index contributed by atoms with van der Waals surface area (Å²) in [5.41, 5.74) is 4.38. The van der Waals surface area contributed by atoms with Crippen molar-refractivity contribution in [2.45, 2.75) is 39.3 Å². The molecular formula is C23H30N4O2. The summed E-state index contributed by atoms with van der Waals surface area (Å²) in [7, 11) is 0. The molecule has 2 aromatic rings. The average Bonchev–Trinajstić information content (AvgIpc) is 2.74. The lowest BCUT2D eigenvalue weighted by Crippen LogP contribution is -2.40. The Hall–Kier alpha value is -2.86. The molecule has 0 saturated carbocycles. The Kier molecular flexibility index (Phi) is 7.64. The van der Waals surface area contributed by atoms with Gasteiger partial charge in [-0.25, -0.2) is 4.99 Å². The van der Waals surface area contributed by atoms with Crippen molar-refractivity contribution in [1.29, 1.82) is 0 Å². The van der Waals surface area contributed by atoms with Crippen LogP contribution in [0.3, 0.4) is 0 Å². The number of hydrogen-bond acceptors (Lipinski definition) is 3. The van der Waals surface area contributed by atoms with Crippen molar-refractivity contribution >= 4 is 17.6 Å². The van der Waals surface area contributed by atoms with E-state index in [4.69, 9.17) is 9.73 Å². The second-order valence-electron chi connectivity index (χ2n) is 7.07. The Bertz CT molecular complexity index is 833. The number of ether oxygens (including phenoxy) is 1. The summed E-state index contributed by atoms with van der Waals surface area (Å²) in [6.45, 7) is 7.42. The molecule has 1 aliphatic rings. The Labute approximate surface area is 172 Å². The topological polar surface area (TPSA) is 74.8 Å².